The maximum atomic E-state index is 12.3. The Hall–Kier alpha value is -1.31. The molecule has 1 aliphatic rings. The molecule has 0 bridgehead atoms. The Kier molecular flexibility index (Phi) is 6.35. The van der Waals surface area contributed by atoms with Crippen LogP contribution in [0, 0.1) is 11.3 Å². The van der Waals surface area contributed by atoms with Crippen LogP contribution >= 0.6 is 0 Å². The van der Waals surface area contributed by atoms with Crippen molar-refractivity contribution in [2.75, 3.05) is 45.2 Å². The summed E-state index contributed by atoms with van der Waals surface area (Å²) in [6, 6.07) is 7.96. The van der Waals surface area contributed by atoms with Gasteiger partial charge in [-0.05, 0) is 42.0 Å². The molecule has 0 saturated carbocycles. The average Bonchev–Trinajstić information content (AvgIpc) is 2.76. The van der Waals surface area contributed by atoms with E-state index in [0.29, 0.717) is 19.6 Å². The molecule has 0 aromatic heterocycles. The molecule has 25 heavy (non-hydrogen) atoms. The predicted octanol–water partition coefficient (Wildman–Crippen LogP) is 2.33. The van der Waals surface area contributed by atoms with Crippen molar-refractivity contribution in [1.29, 1.82) is 0 Å². The summed E-state index contributed by atoms with van der Waals surface area (Å²) in [5, 5.41) is 0. The van der Waals surface area contributed by atoms with Crippen molar-refractivity contribution >= 4 is 15.9 Å². The Morgan fingerprint density at radius 2 is 1.80 bits per heavy atom. The van der Waals surface area contributed by atoms with Gasteiger partial charge in [-0.1, -0.05) is 20.8 Å². The van der Waals surface area contributed by atoms with Crippen molar-refractivity contribution in [3.05, 3.63) is 24.3 Å². The molecule has 1 fully saturated rings. The lowest BCUT2D eigenvalue weighted by Gasteiger charge is -2.30. The van der Waals surface area contributed by atoms with Gasteiger partial charge in [0.15, 0.2) is 0 Å². The van der Waals surface area contributed by atoms with Crippen molar-refractivity contribution in [1.82, 2.24) is 9.03 Å². The van der Waals surface area contributed by atoms with Crippen LogP contribution in [0.25, 0.3) is 0 Å². The maximum Gasteiger partial charge on any atom is 0.279 e. The highest BCUT2D eigenvalue weighted by Crippen LogP contribution is 2.29. The normalized spacial score (nSPS) is 20.4. The average molecular weight is 370 g/mol. The Morgan fingerprint density at radius 1 is 1.16 bits per heavy atom. The lowest BCUT2D eigenvalue weighted by Crippen LogP contribution is -2.42. The Morgan fingerprint density at radius 3 is 2.32 bits per heavy atom. The minimum Gasteiger partial charge on any atom is -0.497 e. The SMILES string of the molecule is CNS(=O)(=O)N1CCN(c2ccc(OC)cc2)C[C@H](CC(C)(C)C)C1. The third-order valence-electron chi connectivity index (χ3n) is 4.50. The molecule has 0 aliphatic carbocycles. The lowest BCUT2D eigenvalue weighted by atomic mass is 9.84. The molecule has 1 atom stereocenters. The van der Waals surface area contributed by atoms with E-state index in [1.807, 2.05) is 24.3 Å². The monoisotopic (exact) mass is 369 g/mol. The van der Waals surface area contributed by atoms with Crippen LogP contribution < -0.4 is 14.4 Å². The zero-order valence-electron chi connectivity index (χ0n) is 15.9. The van der Waals surface area contributed by atoms with Crippen molar-refractivity contribution in [3.8, 4) is 5.75 Å². The molecule has 0 spiro atoms. The number of methoxy groups -OCH3 is 1. The molecule has 1 aromatic rings. The second kappa shape index (κ2) is 7.93. The molecule has 1 aliphatic heterocycles. The molecular formula is C18H31N3O3S. The Bertz CT molecular complexity index is 653. The third-order valence-corrected chi connectivity index (χ3v) is 6.02. The number of anilines is 1. The van der Waals surface area contributed by atoms with Gasteiger partial charge in [-0.15, -0.1) is 0 Å². The maximum absolute atomic E-state index is 12.3. The van der Waals surface area contributed by atoms with Gasteiger partial charge in [0.1, 0.15) is 5.75 Å². The molecule has 0 radical (unpaired) electrons. The molecule has 0 amide bonds. The summed E-state index contributed by atoms with van der Waals surface area (Å²) in [5.74, 6) is 1.09. The van der Waals surface area contributed by atoms with E-state index in [9.17, 15) is 8.42 Å². The topological polar surface area (TPSA) is 61.9 Å². The van der Waals surface area contributed by atoms with Gasteiger partial charge in [0.2, 0.25) is 0 Å². The highest BCUT2D eigenvalue weighted by atomic mass is 32.2. The predicted molar refractivity (Wildman–Crippen MR) is 102 cm³/mol. The molecule has 0 unspecified atom stereocenters. The van der Waals surface area contributed by atoms with Crippen LogP contribution in [0.5, 0.6) is 5.75 Å². The second-order valence-electron chi connectivity index (χ2n) is 7.84. The van der Waals surface area contributed by atoms with Crippen LogP contribution in [-0.2, 0) is 10.2 Å². The van der Waals surface area contributed by atoms with Gasteiger partial charge in [0, 0.05) is 38.9 Å². The van der Waals surface area contributed by atoms with Crippen LogP contribution in [0.3, 0.4) is 0 Å². The zero-order valence-corrected chi connectivity index (χ0v) is 16.8. The van der Waals surface area contributed by atoms with Crippen molar-refractivity contribution < 1.29 is 13.2 Å². The van der Waals surface area contributed by atoms with Gasteiger partial charge in [-0.25, -0.2) is 4.72 Å². The zero-order chi connectivity index (χ0) is 18.7. The first-order valence-electron chi connectivity index (χ1n) is 8.72. The Labute approximate surface area is 152 Å². The van der Waals surface area contributed by atoms with Gasteiger partial charge in [-0.2, -0.15) is 12.7 Å². The van der Waals surface area contributed by atoms with Gasteiger partial charge >= 0.3 is 0 Å². The first-order chi connectivity index (χ1) is 11.6. The van der Waals surface area contributed by atoms with Crippen LogP contribution in [0.4, 0.5) is 5.69 Å². The van der Waals surface area contributed by atoms with E-state index in [4.69, 9.17) is 4.74 Å². The smallest absolute Gasteiger partial charge is 0.279 e. The number of hydrogen-bond donors (Lipinski definition) is 1. The lowest BCUT2D eigenvalue weighted by molar-refractivity contribution is 0.267. The standard InChI is InChI=1S/C18H31N3O3S/c1-18(2,3)12-15-13-20(16-6-8-17(24-5)9-7-16)10-11-21(14-15)25(22,23)19-4/h6-9,15,19H,10-14H2,1-5H3/t15-/m0/s1. The summed E-state index contributed by atoms with van der Waals surface area (Å²) >= 11 is 0. The molecule has 6 nitrogen and oxygen atoms in total. The fraction of sp³-hybridized carbons (Fsp3) is 0.667. The van der Waals surface area contributed by atoms with E-state index in [2.05, 4.69) is 30.4 Å². The third kappa shape index (κ3) is 5.59. The molecule has 7 heteroatoms. The number of nitrogens with one attached hydrogen (secondary N) is 1. The second-order valence-corrected chi connectivity index (χ2v) is 9.72. The Balaban J connectivity index is 2.24. The number of ether oxygens (including phenoxy) is 1. The van der Waals surface area contributed by atoms with Crippen LogP contribution in [0.15, 0.2) is 24.3 Å². The van der Waals surface area contributed by atoms with Gasteiger partial charge < -0.3 is 9.64 Å². The summed E-state index contributed by atoms with van der Waals surface area (Å²) < 4.78 is 33.9. The first-order valence-corrected chi connectivity index (χ1v) is 10.2. The van der Waals surface area contributed by atoms with Crippen molar-refractivity contribution in [2.45, 2.75) is 27.2 Å². The number of benzene rings is 1. The number of nitrogens with zero attached hydrogens (tertiary/aromatic N) is 2. The first kappa shape index (κ1) is 20.0. The molecule has 1 N–H and O–H groups in total. The van der Waals surface area contributed by atoms with E-state index >= 15 is 0 Å². The summed E-state index contributed by atoms with van der Waals surface area (Å²) in [6.07, 6.45) is 0.968. The summed E-state index contributed by atoms with van der Waals surface area (Å²) in [7, 11) is -0.287. The minimum atomic E-state index is -3.41. The summed E-state index contributed by atoms with van der Waals surface area (Å²) in [6.45, 7) is 9.15. The van der Waals surface area contributed by atoms with E-state index in [-0.39, 0.29) is 11.3 Å². The number of rotatable bonds is 5. The van der Waals surface area contributed by atoms with Gasteiger partial charge in [0.05, 0.1) is 7.11 Å². The van der Waals surface area contributed by atoms with Gasteiger partial charge in [-0.3, -0.25) is 0 Å². The molecule has 1 saturated heterocycles. The molecular weight excluding hydrogens is 338 g/mol. The van der Waals surface area contributed by atoms with Crippen LogP contribution in [-0.4, -0.2) is 53.1 Å². The highest BCUT2D eigenvalue weighted by Gasteiger charge is 2.31. The van der Waals surface area contributed by atoms with E-state index < -0.39 is 10.2 Å². The van der Waals surface area contributed by atoms with Gasteiger partial charge in [0.25, 0.3) is 10.2 Å². The molecule has 1 aromatic carbocycles. The fourth-order valence-corrected chi connectivity index (χ4v) is 4.43. The molecule has 2 rings (SSSR count). The highest BCUT2D eigenvalue weighted by molar-refractivity contribution is 7.87. The summed E-state index contributed by atoms with van der Waals surface area (Å²) in [5.41, 5.74) is 1.25. The quantitative estimate of drug-likeness (QED) is 0.865. The van der Waals surface area contributed by atoms with E-state index in [0.717, 1.165) is 24.4 Å². The van der Waals surface area contributed by atoms with E-state index in [1.165, 1.54) is 7.05 Å². The molecule has 1 heterocycles. The van der Waals surface area contributed by atoms with Crippen molar-refractivity contribution in [2.24, 2.45) is 11.3 Å². The van der Waals surface area contributed by atoms with E-state index in [1.54, 1.807) is 11.4 Å². The fourth-order valence-electron chi connectivity index (χ4n) is 3.44. The van der Waals surface area contributed by atoms with Crippen LogP contribution in [0.2, 0.25) is 0 Å². The van der Waals surface area contributed by atoms with Crippen LogP contribution in [0.1, 0.15) is 27.2 Å². The molecule has 142 valence electrons. The minimum absolute atomic E-state index is 0.148. The van der Waals surface area contributed by atoms with Crippen molar-refractivity contribution in [3.63, 3.8) is 0 Å². The number of hydrogen-bond acceptors (Lipinski definition) is 4. The summed E-state index contributed by atoms with van der Waals surface area (Å²) in [4.78, 5) is 2.28. The largest absolute Gasteiger partial charge is 0.497 e.